The van der Waals surface area contributed by atoms with E-state index in [4.69, 9.17) is 11.5 Å². The molecule has 9 heteroatoms. The number of nitrogens with zero attached hydrogens (tertiary/aromatic N) is 3. The number of para-hydroxylation sites is 1. The van der Waals surface area contributed by atoms with Gasteiger partial charge in [0.25, 0.3) is 11.5 Å². The highest BCUT2D eigenvalue weighted by atomic mass is 19.1. The van der Waals surface area contributed by atoms with Crippen molar-refractivity contribution in [3.05, 3.63) is 87.6 Å². The van der Waals surface area contributed by atoms with E-state index in [9.17, 15) is 14.0 Å². The minimum absolute atomic E-state index is 0.154. The number of benzene rings is 2. The number of carbonyl (C=O) groups is 1. The smallest absolute Gasteiger partial charge is 0.266 e. The molecule has 1 aliphatic rings. The summed E-state index contributed by atoms with van der Waals surface area (Å²) in [5.74, 6) is -0.316. The predicted octanol–water partition coefficient (Wildman–Crippen LogP) is 3.46. The minimum atomic E-state index is -0.568. The molecule has 0 spiro atoms. The molecule has 3 heterocycles. The van der Waals surface area contributed by atoms with Gasteiger partial charge in [-0.1, -0.05) is 37.3 Å². The molecule has 2 aromatic heterocycles. The number of aromatic nitrogens is 3. The van der Waals surface area contributed by atoms with Gasteiger partial charge in [-0.25, -0.2) is 9.07 Å². The van der Waals surface area contributed by atoms with Crippen molar-refractivity contribution in [2.75, 3.05) is 17.6 Å². The van der Waals surface area contributed by atoms with Gasteiger partial charge < -0.3 is 16.8 Å². The predicted molar refractivity (Wildman–Crippen MR) is 133 cm³/mol. The number of carbonyl (C=O) groups excluding carboxylic acids is 1. The molecule has 1 aliphatic heterocycles. The number of aryl methyl sites for hydroxylation is 1. The van der Waals surface area contributed by atoms with Crippen molar-refractivity contribution in [3.8, 4) is 5.69 Å². The molecule has 0 aliphatic carbocycles. The van der Waals surface area contributed by atoms with Crippen LogP contribution in [0.2, 0.25) is 0 Å². The normalized spacial score (nSPS) is 12.0. The molecule has 1 amide bonds. The molecule has 0 radical (unpaired) electrons. The maximum absolute atomic E-state index is 14.1. The van der Waals surface area contributed by atoms with Crippen LogP contribution >= 0.6 is 0 Å². The van der Waals surface area contributed by atoms with Crippen LogP contribution in [0.5, 0.6) is 0 Å². The zero-order valence-corrected chi connectivity index (χ0v) is 18.9. The Labute approximate surface area is 195 Å². The van der Waals surface area contributed by atoms with Gasteiger partial charge in [0.1, 0.15) is 17.2 Å². The zero-order valence-electron chi connectivity index (χ0n) is 18.9. The van der Waals surface area contributed by atoms with E-state index in [2.05, 4.69) is 10.4 Å². The van der Waals surface area contributed by atoms with Crippen LogP contribution in [0.25, 0.3) is 22.7 Å². The Bertz CT molecular complexity index is 1470. The van der Waals surface area contributed by atoms with Crippen LogP contribution < -0.4 is 22.3 Å². The minimum Gasteiger partial charge on any atom is -0.381 e. The number of pyridine rings is 1. The molecule has 0 atom stereocenters. The second kappa shape index (κ2) is 9.22. The van der Waals surface area contributed by atoms with Gasteiger partial charge >= 0.3 is 0 Å². The molecule has 0 saturated heterocycles. The van der Waals surface area contributed by atoms with Crippen LogP contribution in [0.1, 0.15) is 28.5 Å². The second-order valence-electron chi connectivity index (χ2n) is 7.75. The molecule has 174 valence electrons. The molecule has 2 aromatic carbocycles. The number of amides is 1. The summed E-state index contributed by atoms with van der Waals surface area (Å²) < 4.78 is 17.3. The topological polar surface area (TPSA) is 121 Å². The number of fused-ring (bicyclic) bond motifs is 2. The first kappa shape index (κ1) is 22.8. The summed E-state index contributed by atoms with van der Waals surface area (Å²) in [6.07, 6.45) is 4.31. The maximum Gasteiger partial charge on any atom is 0.266 e. The molecule has 0 unspecified atom stereocenters. The summed E-state index contributed by atoms with van der Waals surface area (Å²) in [6.45, 7) is 4.59. The van der Waals surface area contributed by atoms with Crippen molar-refractivity contribution in [1.29, 1.82) is 0 Å². The first-order valence-corrected chi connectivity index (χ1v) is 10.8. The van der Waals surface area contributed by atoms with Gasteiger partial charge in [-0.15, -0.1) is 5.10 Å². The quantitative estimate of drug-likeness (QED) is 0.432. The van der Waals surface area contributed by atoms with E-state index in [0.29, 0.717) is 24.2 Å². The van der Waals surface area contributed by atoms with Gasteiger partial charge in [-0.05, 0) is 48.6 Å². The van der Waals surface area contributed by atoms with Crippen molar-refractivity contribution in [3.63, 3.8) is 0 Å². The van der Waals surface area contributed by atoms with E-state index < -0.39 is 11.7 Å². The number of anilines is 2. The van der Waals surface area contributed by atoms with E-state index in [-0.39, 0.29) is 22.3 Å². The Hall–Kier alpha value is -4.40. The Morgan fingerprint density at radius 2 is 1.91 bits per heavy atom. The van der Waals surface area contributed by atoms with Gasteiger partial charge in [0.05, 0.1) is 5.39 Å². The third-order valence-corrected chi connectivity index (χ3v) is 5.70. The summed E-state index contributed by atoms with van der Waals surface area (Å²) >= 11 is 0. The van der Waals surface area contributed by atoms with Gasteiger partial charge in [0.2, 0.25) is 0 Å². The molecule has 8 nitrogen and oxygen atoms in total. The molecule has 0 bridgehead atoms. The Morgan fingerprint density at radius 1 is 1.18 bits per heavy atom. The summed E-state index contributed by atoms with van der Waals surface area (Å²) in [5, 5.41) is 7.74. The van der Waals surface area contributed by atoms with Crippen LogP contribution in [-0.2, 0) is 6.42 Å². The molecule has 5 rings (SSSR count). The average Bonchev–Trinajstić information content (AvgIpc) is 3.18. The van der Waals surface area contributed by atoms with Crippen LogP contribution in [-0.4, -0.2) is 26.8 Å². The lowest BCUT2D eigenvalue weighted by molar-refractivity contribution is 0.100. The summed E-state index contributed by atoms with van der Waals surface area (Å²) in [6, 6.07) is 14.2. The third-order valence-electron chi connectivity index (χ3n) is 5.70. The fourth-order valence-corrected chi connectivity index (χ4v) is 4.17. The number of hydrogen-bond acceptors (Lipinski definition) is 5. The molecule has 34 heavy (non-hydrogen) atoms. The number of hydrogen-bond donors (Lipinski definition) is 3. The van der Waals surface area contributed by atoms with Crippen LogP contribution in [0.15, 0.2) is 59.4 Å². The standard InChI is InChI=1S/C18H16FNO.C7H9N5O/c1-3-16-12(2)14-10-7-11-15(19)17(14)18(21)20(16)13-8-5-4-6-9-13;8-5-4(6(9)13)7-10-2-1-3-12(7)11-5/h4-11H,3H2,1-2H3;1,3,10H,2H2,(H2,8,11)(H2,9,13). The van der Waals surface area contributed by atoms with E-state index >= 15 is 0 Å². The lowest BCUT2D eigenvalue weighted by Crippen LogP contribution is -2.24. The monoisotopic (exact) mass is 460 g/mol. The number of nitrogens with two attached hydrogens (primary N) is 2. The fraction of sp³-hybridized carbons (Fsp3) is 0.160. The zero-order chi connectivity index (χ0) is 24.4. The van der Waals surface area contributed by atoms with Crippen molar-refractivity contribution in [2.45, 2.75) is 20.3 Å². The summed E-state index contributed by atoms with van der Waals surface area (Å²) in [7, 11) is 0. The Morgan fingerprint density at radius 3 is 2.59 bits per heavy atom. The average molecular weight is 461 g/mol. The van der Waals surface area contributed by atoms with Crippen LogP contribution in [0.3, 0.4) is 0 Å². The number of primary amides is 1. The SMILES string of the molecule is CCc1c(C)c2cccc(F)c2c(=O)n1-c1ccccc1.NC(=O)c1c(N)nn2c1NCC=C2. The highest BCUT2D eigenvalue weighted by molar-refractivity contribution is 6.02. The van der Waals surface area contributed by atoms with E-state index in [1.54, 1.807) is 16.8 Å². The van der Waals surface area contributed by atoms with E-state index in [1.165, 1.54) is 10.7 Å². The molecule has 4 aromatic rings. The number of nitrogen functional groups attached to an aromatic ring is 1. The van der Waals surface area contributed by atoms with Crippen molar-refractivity contribution < 1.29 is 9.18 Å². The lowest BCUT2D eigenvalue weighted by Gasteiger charge is -2.17. The second-order valence-corrected chi connectivity index (χ2v) is 7.75. The van der Waals surface area contributed by atoms with Gasteiger partial charge in [-0.2, -0.15) is 0 Å². The van der Waals surface area contributed by atoms with Crippen molar-refractivity contribution in [1.82, 2.24) is 14.3 Å². The Kier molecular flexibility index (Phi) is 6.18. The van der Waals surface area contributed by atoms with Crippen LogP contribution in [0, 0.1) is 12.7 Å². The number of nitrogens with one attached hydrogen (secondary N) is 1. The molecule has 0 fully saturated rings. The van der Waals surface area contributed by atoms with E-state index in [0.717, 1.165) is 16.9 Å². The first-order valence-electron chi connectivity index (χ1n) is 10.8. The molecular weight excluding hydrogens is 435 g/mol. The molecule has 5 N–H and O–H groups in total. The highest BCUT2D eigenvalue weighted by Gasteiger charge is 2.20. The third kappa shape index (κ3) is 3.92. The maximum atomic E-state index is 14.1. The first-order chi connectivity index (χ1) is 16.3. The Balaban J connectivity index is 0.000000180. The van der Waals surface area contributed by atoms with Gasteiger partial charge in [0.15, 0.2) is 5.82 Å². The molecule has 0 saturated carbocycles. The van der Waals surface area contributed by atoms with Crippen LogP contribution in [0.4, 0.5) is 16.0 Å². The lowest BCUT2D eigenvalue weighted by atomic mass is 10.0. The van der Waals surface area contributed by atoms with Crippen molar-refractivity contribution >= 4 is 34.5 Å². The summed E-state index contributed by atoms with van der Waals surface area (Å²) in [4.78, 5) is 23.8. The summed E-state index contributed by atoms with van der Waals surface area (Å²) in [5.41, 5.74) is 13.3. The van der Waals surface area contributed by atoms with Crippen molar-refractivity contribution in [2.24, 2.45) is 5.73 Å². The fourth-order valence-electron chi connectivity index (χ4n) is 4.17. The highest BCUT2D eigenvalue weighted by Crippen LogP contribution is 2.24. The largest absolute Gasteiger partial charge is 0.381 e. The van der Waals surface area contributed by atoms with E-state index in [1.807, 2.05) is 56.3 Å². The van der Waals surface area contributed by atoms with Gasteiger partial charge in [0, 0.05) is 24.1 Å². The number of halogens is 1. The van der Waals surface area contributed by atoms with Gasteiger partial charge in [-0.3, -0.25) is 14.2 Å². The molecular formula is C25H25FN6O2. The number of rotatable bonds is 3.